The maximum absolute atomic E-state index is 4.35. The first-order valence-electron chi connectivity index (χ1n) is 9.76. The molecule has 0 bridgehead atoms. The van der Waals surface area contributed by atoms with Gasteiger partial charge in [0.1, 0.15) is 0 Å². The van der Waals surface area contributed by atoms with E-state index in [9.17, 15) is 0 Å². The van der Waals surface area contributed by atoms with Crippen molar-refractivity contribution < 1.29 is 0 Å². The van der Waals surface area contributed by atoms with Gasteiger partial charge in [-0.15, -0.1) is 0 Å². The molecule has 0 aromatic heterocycles. The van der Waals surface area contributed by atoms with E-state index in [2.05, 4.69) is 87.9 Å². The van der Waals surface area contributed by atoms with E-state index in [0.717, 1.165) is 30.2 Å². The minimum Gasteiger partial charge on any atom is -0.363 e. The molecule has 4 aromatic carbocycles. The molecule has 4 rings (SSSR count). The molecule has 0 N–H and O–H groups in total. The van der Waals surface area contributed by atoms with Crippen LogP contribution in [-0.2, 0) is 13.1 Å². The summed E-state index contributed by atoms with van der Waals surface area (Å²) in [6.07, 6.45) is 0. The lowest BCUT2D eigenvalue weighted by Crippen LogP contribution is -2.21. The molecule has 142 valence electrons. The molecular weight excluding hydrogens is 354 g/mol. The predicted molar refractivity (Wildman–Crippen MR) is 120 cm³/mol. The van der Waals surface area contributed by atoms with Gasteiger partial charge in [-0.25, -0.2) is 0 Å². The third-order valence-corrected chi connectivity index (χ3v) is 4.68. The first-order valence-corrected chi connectivity index (χ1v) is 9.76. The largest absolute Gasteiger partial charge is 0.363 e. The molecule has 0 heterocycles. The van der Waals surface area contributed by atoms with E-state index in [1.807, 2.05) is 42.5 Å². The van der Waals surface area contributed by atoms with Gasteiger partial charge in [-0.2, -0.15) is 10.2 Å². The monoisotopic (exact) mass is 377 g/mol. The lowest BCUT2D eigenvalue weighted by Gasteiger charge is -2.25. The topological polar surface area (TPSA) is 28.0 Å². The lowest BCUT2D eigenvalue weighted by atomic mass is 10.1. The normalized spacial score (nSPS) is 10.9. The van der Waals surface area contributed by atoms with E-state index in [1.54, 1.807) is 0 Å². The van der Waals surface area contributed by atoms with E-state index in [1.165, 1.54) is 11.1 Å². The van der Waals surface area contributed by atoms with Gasteiger partial charge in [-0.3, -0.25) is 0 Å². The zero-order chi connectivity index (χ0) is 19.7. The molecule has 3 nitrogen and oxygen atoms in total. The highest BCUT2D eigenvalue weighted by atomic mass is 15.1. The van der Waals surface area contributed by atoms with Gasteiger partial charge in [0.2, 0.25) is 0 Å². The Morgan fingerprint density at radius 1 is 0.448 bits per heavy atom. The Balaban J connectivity index is 1.54. The maximum atomic E-state index is 4.35. The third-order valence-electron chi connectivity index (χ3n) is 4.68. The zero-order valence-electron chi connectivity index (χ0n) is 16.2. The van der Waals surface area contributed by atoms with Crippen LogP contribution in [0.5, 0.6) is 0 Å². The highest BCUT2D eigenvalue weighted by Gasteiger charge is 2.09. The van der Waals surface area contributed by atoms with Gasteiger partial charge in [-0.05, 0) is 47.5 Å². The van der Waals surface area contributed by atoms with Crippen molar-refractivity contribution in [2.45, 2.75) is 13.1 Å². The van der Waals surface area contributed by atoms with Crippen molar-refractivity contribution in [2.24, 2.45) is 10.2 Å². The molecule has 0 amide bonds. The van der Waals surface area contributed by atoms with E-state index >= 15 is 0 Å². The van der Waals surface area contributed by atoms with Crippen LogP contribution in [0.25, 0.3) is 0 Å². The van der Waals surface area contributed by atoms with E-state index in [0.29, 0.717) is 0 Å². The number of benzene rings is 4. The quantitative estimate of drug-likeness (QED) is 0.310. The van der Waals surface area contributed by atoms with Crippen molar-refractivity contribution in [1.29, 1.82) is 0 Å². The number of rotatable bonds is 7. The van der Waals surface area contributed by atoms with Crippen molar-refractivity contribution >= 4 is 17.1 Å². The van der Waals surface area contributed by atoms with Crippen LogP contribution >= 0.6 is 0 Å². The number of hydrogen-bond donors (Lipinski definition) is 0. The molecule has 0 aliphatic carbocycles. The Morgan fingerprint density at radius 2 is 0.862 bits per heavy atom. The van der Waals surface area contributed by atoms with Gasteiger partial charge in [0, 0.05) is 18.8 Å². The summed E-state index contributed by atoms with van der Waals surface area (Å²) >= 11 is 0. The summed E-state index contributed by atoms with van der Waals surface area (Å²) in [6, 6.07) is 39.2. The third kappa shape index (κ3) is 5.39. The van der Waals surface area contributed by atoms with Crippen molar-refractivity contribution in [3.05, 3.63) is 126 Å². The Bertz CT molecular complexity index is 986. The minimum absolute atomic E-state index is 0.844. The summed E-state index contributed by atoms with van der Waals surface area (Å²) in [5, 5.41) is 8.65. The number of anilines is 1. The molecule has 0 radical (unpaired) electrons. The minimum atomic E-state index is 0.844. The number of nitrogens with zero attached hydrogens (tertiary/aromatic N) is 3. The summed E-state index contributed by atoms with van der Waals surface area (Å²) < 4.78 is 0. The molecule has 0 aliphatic rings. The molecule has 0 spiro atoms. The summed E-state index contributed by atoms with van der Waals surface area (Å²) in [5.41, 5.74) is 5.44. The van der Waals surface area contributed by atoms with Crippen molar-refractivity contribution in [1.82, 2.24) is 0 Å². The smallest absolute Gasteiger partial charge is 0.0858 e. The first kappa shape index (κ1) is 18.6. The molecular formula is C26H23N3. The molecule has 29 heavy (non-hydrogen) atoms. The van der Waals surface area contributed by atoms with Crippen LogP contribution in [0.2, 0.25) is 0 Å². The molecule has 3 heteroatoms. The van der Waals surface area contributed by atoms with Gasteiger partial charge in [0.15, 0.2) is 0 Å². The van der Waals surface area contributed by atoms with Crippen LogP contribution in [-0.4, -0.2) is 0 Å². The molecule has 0 aliphatic heterocycles. The van der Waals surface area contributed by atoms with Crippen molar-refractivity contribution in [3.63, 3.8) is 0 Å². The lowest BCUT2D eigenvalue weighted by molar-refractivity contribution is 0.800. The van der Waals surface area contributed by atoms with Gasteiger partial charge in [0.05, 0.1) is 11.4 Å². The van der Waals surface area contributed by atoms with Crippen LogP contribution in [0.15, 0.2) is 125 Å². The number of hydrogen-bond acceptors (Lipinski definition) is 3. The molecule has 0 fully saturated rings. The fourth-order valence-electron chi connectivity index (χ4n) is 3.19. The average Bonchev–Trinajstić information content (AvgIpc) is 2.80. The molecule has 0 unspecified atom stereocenters. The van der Waals surface area contributed by atoms with Gasteiger partial charge in [0.25, 0.3) is 0 Å². The predicted octanol–water partition coefficient (Wildman–Crippen LogP) is 7.31. The second kappa shape index (κ2) is 9.47. The molecule has 4 aromatic rings. The summed E-state index contributed by atoms with van der Waals surface area (Å²) in [5.74, 6) is 0. The molecule has 0 saturated heterocycles. The average molecular weight is 377 g/mol. The van der Waals surface area contributed by atoms with Crippen LogP contribution < -0.4 is 4.90 Å². The highest BCUT2D eigenvalue weighted by Crippen LogP contribution is 2.25. The maximum Gasteiger partial charge on any atom is 0.0858 e. The Labute approximate surface area is 172 Å². The standard InChI is InChI=1S/C26H23N3/c1-4-10-22(11-5-1)20-29(21-23-12-6-2-7-13-23)26-18-16-25(17-19-26)28-27-24-14-8-3-9-15-24/h1-19H,20-21H2. The molecule has 0 atom stereocenters. The van der Waals surface area contributed by atoms with Crippen LogP contribution in [0.1, 0.15) is 11.1 Å². The summed E-state index contributed by atoms with van der Waals surface area (Å²) in [6.45, 7) is 1.70. The number of azo groups is 1. The zero-order valence-corrected chi connectivity index (χ0v) is 16.2. The van der Waals surface area contributed by atoms with Crippen LogP contribution in [0, 0.1) is 0 Å². The van der Waals surface area contributed by atoms with Crippen molar-refractivity contribution in [3.8, 4) is 0 Å². The first-order chi connectivity index (χ1) is 14.4. The SMILES string of the molecule is c1ccc(CN(Cc2ccccc2)c2ccc(N=Nc3ccccc3)cc2)cc1. The fourth-order valence-corrected chi connectivity index (χ4v) is 3.19. The second-order valence-electron chi connectivity index (χ2n) is 6.88. The second-order valence-corrected chi connectivity index (χ2v) is 6.88. The Kier molecular flexibility index (Phi) is 6.08. The van der Waals surface area contributed by atoms with E-state index in [-0.39, 0.29) is 0 Å². The Morgan fingerprint density at radius 3 is 1.34 bits per heavy atom. The van der Waals surface area contributed by atoms with Gasteiger partial charge >= 0.3 is 0 Å². The van der Waals surface area contributed by atoms with Crippen LogP contribution in [0.3, 0.4) is 0 Å². The van der Waals surface area contributed by atoms with Gasteiger partial charge < -0.3 is 4.90 Å². The van der Waals surface area contributed by atoms with Crippen LogP contribution in [0.4, 0.5) is 17.1 Å². The summed E-state index contributed by atoms with van der Waals surface area (Å²) in [7, 11) is 0. The highest BCUT2D eigenvalue weighted by molar-refractivity contribution is 5.53. The van der Waals surface area contributed by atoms with Gasteiger partial charge in [-0.1, -0.05) is 78.9 Å². The fraction of sp³-hybridized carbons (Fsp3) is 0.0769. The van der Waals surface area contributed by atoms with E-state index < -0.39 is 0 Å². The molecule has 0 saturated carbocycles. The van der Waals surface area contributed by atoms with Crippen molar-refractivity contribution in [2.75, 3.05) is 4.90 Å². The summed E-state index contributed by atoms with van der Waals surface area (Å²) in [4.78, 5) is 2.38. The Hall–Kier alpha value is -3.72. The van der Waals surface area contributed by atoms with E-state index in [4.69, 9.17) is 0 Å².